The van der Waals surface area contributed by atoms with E-state index >= 15 is 0 Å². The zero-order valence-electron chi connectivity index (χ0n) is 18.8. The minimum Gasteiger partial charge on any atom is -0.391 e. The van der Waals surface area contributed by atoms with Crippen molar-refractivity contribution >= 4 is 51.0 Å². The Morgan fingerprint density at radius 1 is 1.21 bits per heavy atom. The molecule has 0 radical (unpaired) electrons. The predicted molar refractivity (Wildman–Crippen MR) is 131 cm³/mol. The van der Waals surface area contributed by atoms with Crippen molar-refractivity contribution in [3.8, 4) is 0 Å². The van der Waals surface area contributed by atoms with Gasteiger partial charge in [-0.1, -0.05) is 13.3 Å². The number of rotatable bonds is 6. The number of hydrogen-bond donors (Lipinski definition) is 3. The van der Waals surface area contributed by atoms with Crippen molar-refractivity contribution < 1.29 is 9.59 Å². The molecule has 5 rings (SSSR count). The summed E-state index contributed by atoms with van der Waals surface area (Å²) >= 11 is 1.34. The molecule has 1 aliphatic carbocycles. The molecule has 4 N–H and O–H groups in total. The van der Waals surface area contributed by atoms with E-state index in [0.717, 1.165) is 50.0 Å². The van der Waals surface area contributed by atoms with Gasteiger partial charge in [0.2, 0.25) is 11.9 Å². The number of carbonyl (C=O) groups is 2. The molecule has 1 aliphatic heterocycles. The number of carbonyl (C=O) groups excluding carboxylic acids is 2. The molecule has 2 amide bonds. The molecule has 3 aromatic heterocycles. The number of anilines is 3. The van der Waals surface area contributed by atoms with Gasteiger partial charge < -0.3 is 20.5 Å². The Morgan fingerprint density at radius 3 is 2.79 bits per heavy atom. The average molecular weight is 468 g/mol. The van der Waals surface area contributed by atoms with Gasteiger partial charge >= 0.3 is 0 Å². The van der Waals surface area contributed by atoms with Gasteiger partial charge in [0.25, 0.3) is 5.91 Å². The van der Waals surface area contributed by atoms with E-state index < -0.39 is 0 Å². The van der Waals surface area contributed by atoms with E-state index in [-0.39, 0.29) is 17.2 Å². The molecule has 33 heavy (non-hydrogen) atoms. The summed E-state index contributed by atoms with van der Waals surface area (Å²) in [5.74, 6) is 1.09. The van der Waals surface area contributed by atoms with Crippen LogP contribution in [0, 0.1) is 5.41 Å². The highest BCUT2D eigenvalue weighted by atomic mass is 32.1. The second-order valence-corrected chi connectivity index (χ2v) is 10.2. The molecule has 0 aromatic carbocycles. The monoisotopic (exact) mass is 467 g/mol. The van der Waals surface area contributed by atoms with E-state index in [9.17, 15) is 9.59 Å². The van der Waals surface area contributed by atoms with E-state index in [1.807, 2.05) is 23.2 Å². The molecule has 1 saturated carbocycles. The number of nitrogens with one attached hydrogen (secondary N) is 2. The summed E-state index contributed by atoms with van der Waals surface area (Å²) in [5.41, 5.74) is 6.62. The molecule has 0 bridgehead atoms. The summed E-state index contributed by atoms with van der Waals surface area (Å²) in [7, 11) is 0. The van der Waals surface area contributed by atoms with Crippen molar-refractivity contribution in [1.82, 2.24) is 19.9 Å². The zero-order valence-corrected chi connectivity index (χ0v) is 19.6. The van der Waals surface area contributed by atoms with E-state index in [0.29, 0.717) is 41.0 Å². The van der Waals surface area contributed by atoms with Crippen LogP contribution in [0.2, 0.25) is 0 Å². The minimum absolute atomic E-state index is 0.0446. The molecule has 1 saturated heterocycles. The normalized spacial score (nSPS) is 17.4. The van der Waals surface area contributed by atoms with Gasteiger partial charge in [-0.15, -0.1) is 11.3 Å². The molecule has 2 aliphatic rings. The second kappa shape index (κ2) is 8.66. The number of nitrogens with two attached hydrogens (primary N) is 1. The Hall–Kier alpha value is -3.14. The lowest BCUT2D eigenvalue weighted by molar-refractivity contribution is -0.116. The molecular formula is C23H29N7O2S. The van der Waals surface area contributed by atoms with Gasteiger partial charge in [-0.2, -0.15) is 9.97 Å². The maximum Gasteiger partial charge on any atom is 0.264 e. The van der Waals surface area contributed by atoms with Crippen molar-refractivity contribution in [2.24, 2.45) is 5.41 Å². The van der Waals surface area contributed by atoms with E-state index in [2.05, 4.69) is 27.1 Å². The molecule has 3 aromatic rings. The first-order valence-electron chi connectivity index (χ1n) is 11.5. The number of amides is 2. The third-order valence-electron chi connectivity index (χ3n) is 6.48. The fraction of sp³-hybridized carbons (Fsp3) is 0.478. The summed E-state index contributed by atoms with van der Waals surface area (Å²) in [4.78, 5) is 42.7. The van der Waals surface area contributed by atoms with Gasteiger partial charge in [0.1, 0.15) is 11.5 Å². The molecule has 2 fully saturated rings. The van der Waals surface area contributed by atoms with Crippen LogP contribution in [0.15, 0.2) is 24.4 Å². The Balaban J connectivity index is 1.41. The maximum atomic E-state index is 13.1. The second-order valence-electron chi connectivity index (χ2n) is 9.11. The minimum atomic E-state index is -0.0739. The van der Waals surface area contributed by atoms with Crippen molar-refractivity contribution in [1.29, 1.82) is 0 Å². The molecular weight excluding hydrogens is 438 g/mol. The standard InChI is InChI=1S/C23H29N7O2S/c1-2-3-4-18(31)26-22-27-19-15(7-10-25-19)20(28-22)29-11-12-30(14-23(13-29)8-9-23)21(32)16-5-6-17(24)33-16/h5-7,10H,2-4,8-9,11-14,24H2,1H3,(H2,25,26,27,28,31). The molecule has 0 atom stereocenters. The molecule has 10 heteroatoms. The highest BCUT2D eigenvalue weighted by Gasteiger charge is 2.48. The molecule has 1 spiro atoms. The van der Waals surface area contributed by atoms with Crippen LogP contribution in [0.25, 0.3) is 11.0 Å². The lowest BCUT2D eigenvalue weighted by Crippen LogP contribution is -2.36. The number of nitrogens with zero attached hydrogens (tertiary/aromatic N) is 4. The van der Waals surface area contributed by atoms with Gasteiger partial charge in [0, 0.05) is 44.2 Å². The van der Waals surface area contributed by atoms with Gasteiger partial charge in [-0.05, 0) is 37.5 Å². The van der Waals surface area contributed by atoms with E-state index in [1.54, 1.807) is 6.07 Å². The van der Waals surface area contributed by atoms with Crippen LogP contribution in [0.5, 0.6) is 0 Å². The zero-order chi connectivity index (χ0) is 23.0. The Bertz CT molecular complexity index is 1180. The quantitative estimate of drug-likeness (QED) is 0.511. The first-order chi connectivity index (χ1) is 16.0. The van der Waals surface area contributed by atoms with Gasteiger partial charge in [-0.3, -0.25) is 14.9 Å². The number of fused-ring (bicyclic) bond motifs is 1. The molecule has 174 valence electrons. The summed E-state index contributed by atoms with van der Waals surface area (Å²) < 4.78 is 0. The largest absolute Gasteiger partial charge is 0.391 e. The van der Waals surface area contributed by atoms with Crippen molar-refractivity contribution in [2.75, 3.05) is 42.1 Å². The first kappa shape index (κ1) is 21.7. The fourth-order valence-corrected chi connectivity index (χ4v) is 5.22. The van der Waals surface area contributed by atoms with Crippen LogP contribution in [-0.2, 0) is 4.79 Å². The van der Waals surface area contributed by atoms with Crippen LogP contribution in [0.3, 0.4) is 0 Å². The van der Waals surface area contributed by atoms with Crippen molar-refractivity contribution in [2.45, 2.75) is 39.0 Å². The lowest BCUT2D eigenvalue weighted by Gasteiger charge is -2.25. The molecule has 0 unspecified atom stereocenters. The summed E-state index contributed by atoms with van der Waals surface area (Å²) in [6.45, 7) is 4.88. The van der Waals surface area contributed by atoms with E-state index in [4.69, 9.17) is 10.7 Å². The SMILES string of the molecule is CCCCC(=O)Nc1nc(N2CCN(C(=O)c3ccc(N)s3)CC3(CC3)C2)c2cc[nH]c2n1. The van der Waals surface area contributed by atoms with Gasteiger partial charge in [-0.25, -0.2) is 0 Å². The summed E-state index contributed by atoms with van der Waals surface area (Å²) in [6.07, 6.45) is 6.25. The van der Waals surface area contributed by atoms with Gasteiger partial charge in [0.15, 0.2) is 0 Å². The molecule has 4 heterocycles. The van der Waals surface area contributed by atoms with E-state index in [1.165, 1.54) is 11.3 Å². The smallest absolute Gasteiger partial charge is 0.264 e. The highest BCUT2D eigenvalue weighted by Crippen LogP contribution is 2.49. The third kappa shape index (κ3) is 4.52. The fourth-order valence-electron chi connectivity index (χ4n) is 4.48. The van der Waals surface area contributed by atoms with Crippen LogP contribution >= 0.6 is 11.3 Å². The Morgan fingerprint density at radius 2 is 2.06 bits per heavy atom. The van der Waals surface area contributed by atoms with Crippen molar-refractivity contribution in [3.05, 3.63) is 29.3 Å². The van der Waals surface area contributed by atoms with Crippen LogP contribution < -0.4 is 16.0 Å². The number of unbranched alkanes of at least 4 members (excludes halogenated alkanes) is 1. The first-order valence-corrected chi connectivity index (χ1v) is 12.3. The number of aromatic nitrogens is 3. The topological polar surface area (TPSA) is 120 Å². The van der Waals surface area contributed by atoms with Crippen LogP contribution in [-0.4, -0.2) is 57.8 Å². The Labute approximate surface area is 196 Å². The maximum absolute atomic E-state index is 13.1. The number of nitrogen functional groups attached to an aromatic ring is 1. The third-order valence-corrected chi connectivity index (χ3v) is 7.38. The average Bonchev–Trinajstić information content (AvgIpc) is 3.21. The summed E-state index contributed by atoms with van der Waals surface area (Å²) in [5, 5.41) is 4.43. The number of aromatic amines is 1. The lowest BCUT2D eigenvalue weighted by atomic mass is 10.1. The molecule has 9 nitrogen and oxygen atoms in total. The number of H-pyrrole nitrogens is 1. The highest BCUT2D eigenvalue weighted by molar-refractivity contribution is 7.17. The van der Waals surface area contributed by atoms with Crippen LogP contribution in [0.1, 0.15) is 48.7 Å². The predicted octanol–water partition coefficient (Wildman–Crippen LogP) is 3.47. The Kier molecular flexibility index (Phi) is 5.69. The number of hydrogen-bond acceptors (Lipinski definition) is 7. The van der Waals surface area contributed by atoms with Gasteiger partial charge in [0.05, 0.1) is 15.3 Å². The summed E-state index contributed by atoms with van der Waals surface area (Å²) in [6, 6.07) is 5.57. The van der Waals surface area contributed by atoms with Crippen molar-refractivity contribution in [3.63, 3.8) is 0 Å². The van der Waals surface area contributed by atoms with Crippen LogP contribution in [0.4, 0.5) is 16.8 Å². The number of thiophene rings is 1.